The van der Waals surface area contributed by atoms with Gasteiger partial charge in [0.15, 0.2) is 11.5 Å². The Morgan fingerprint density at radius 3 is 2.57 bits per heavy atom. The van der Waals surface area contributed by atoms with Crippen molar-refractivity contribution in [3.05, 3.63) is 39.9 Å². The van der Waals surface area contributed by atoms with Crippen LogP contribution in [0.15, 0.2) is 18.2 Å². The van der Waals surface area contributed by atoms with Crippen LogP contribution in [0.1, 0.15) is 45.1 Å². The molecular weight excluding hydrogens is 286 g/mol. The van der Waals surface area contributed by atoms with Crippen LogP contribution < -0.4 is 0 Å². The predicted octanol–water partition coefficient (Wildman–Crippen LogP) is 3.81. The molecule has 2 rings (SSSR count). The van der Waals surface area contributed by atoms with Crippen molar-refractivity contribution in [1.82, 2.24) is 4.98 Å². The molecule has 0 radical (unpaired) electrons. The minimum absolute atomic E-state index is 0.115. The number of carbonyl (C=O) groups is 2. The van der Waals surface area contributed by atoms with E-state index in [9.17, 15) is 9.59 Å². The minimum Gasteiger partial charge on any atom is -0.461 e. The van der Waals surface area contributed by atoms with Gasteiger partial charge in [0.2, 0.25) is 0 Å². The first-order valence-electron chi connectivity index (χ1n) is 6.70. The van der Waals surface area contributed by atoms with Gasteiger partial charge in [-0.15, -0.1) is 11.3 Å². The maximum absolute atomic E-state index is 11.9. The molecule has 21 heavy (non-hydrogen) atoms. The first-order valence-corrected chi connectivity index (χ1v) is 7.52. The largest absolute Gasteiger partial charge is 0.461 e. The molecule has 0 saturated heterocycles. The Labute approximate surface area is 127 Å². The molecule has 0 N–H and O–H groups in total. The van der Waals surface area contributed by atoms with Gasteiger partial charge in [-0.2, -0.15) is 0 Å². The summed E-state index contributed by atoms with van der Waals surface area (Å²) in [6.07, 6.45) is 0. The average molecular weight is 303 g/mol. The van der Waals surface area contributed by atoms with Gasteiger partial charge in [-0.05, 0) is 26.3 Å². The van der Waals surface area contributed by atoms with Crippen LogP contribution in [0.5, 0.6) is 0 Å². The lowest BCUT2D eigenvalue weighted by molar-refractivity contribution is 0.0517. The Bertz CT molecular complexity index is 704. The summed E-state index contributed by atoms with van der Waals surface area (Å²) < 4.78 is 4.97. The summed E-state index contributed by atoms with van der Waals surface area (Å²) in [5.74, 6) is -0.721. The van der Waals surface area contributed by atoms with Crippen LogP contribution in [0.2, 0.25) is 0 Å². The summed E-state index contributed by atoms with van der Waals surface area (Å²) in [5, 5.41) is 0.667. The number of aromatic nitrogens is 1. The van der Waals surface area contributed by atoms with Crippen LogP contribution in [-0.4, -0.2) is 23.3 Å². The van der Waals surface area contributed by atoms with E-state index in [2.05, 4.69) is 4.98 Å². The molecule has 0 spiro atoms. The standard InChI is InChI=1S/C16H17NO3S/c1-5-20-16(19)13-14(11(4)18)21-15(17-13)12-7-6-9(2)8-10(12)3/h6-8H,5H2,1-4H3. The molecular formula is C16H17NO3S. The topological polar surface area (TPSA) is 56.3 Å². The van der Waals surface area contributed by atoms with Crippen molar-refractivity contribution in [2.75, 3.05) is 6.61 Å². The third kappa shape index (κ3) is 3.19. The van der Waals surface area contributed by atoms with E-state index >= 15 is 0 Å². The van der Waals surface area contributed by atoms with Crippen molar-refractivity contribution >= 4 is 23.1 Å². The minimum atomic E-state index is -0.546. The number of carbonyl (C=O) groups excluding carboxylic acids is 2. The molecule has 0 aliphatic rings. The highest BCUT2D eigenvalue weighted by Gasteiger charge is 2.23. The normalized spacial score (nSPS) is 10.5. The van der Waals surface area contributed by atoms with Gasteiger partial charge in [-0.1, -0.05) is 23.8 Å². The molecule has 110 valence electrons. The molecule has 1 aromatic carbocycles. The monoisotopic (exact) mass is 303 g/mol. The van der Waals surface area contributed by atoms with E-state index in [0.717, 1.165) is 16.7 Å². The summed E-state index contributed by atoms with van der Waals surface area (Å²) in [6.45, 7) is 7.42. The fourth-order valence-corrected chi connectivity index (χ4v) is 3.10. The van der Waals surface area contributed by atoms with Crippen molar-refractivity contribution in [1.29, 1.82) is 0 Å². The number of esters is 1. The van der Waals surface area contributed by atoms with E-state index in [1.165, 1.54) is 18.3 Å². The number of nitrogens with zero attached hydrogens (tertiary/aromatic N) is 1. The van der Waals surface area contributed by atoms with Gasteiger partial charge in [-0.25, -0.2) is 9.78 Å². The Kier molecular flexibility index (Phi) is 4.53. The molecule has 0 saturated carbocycles. The van der Waals surface area contributed by atoms with Gasteiger partial charge in [0, 0.05) is 12.5 Å². The van der Waals surface area contributed by atoms with Crippen molar-refractivity contribution in [2.24, 2.45) is 0 Å². The number of rotatable bonds is 4. The highest BCUT2D eigenvalue weighted by atomic mass is 32.1. The number of Topliss-reactive ketones (excluding diaryl/α,β-unsaturated/α-hetero) is 1. The summed E-state index contributed by atoms with van der Waals surface area (Å²) in [5.41, 5.74) is 3.27. The number of hydrogen-bond donors (Lipinski definition) is 0. The molecule has 4 nitrogen and oxygen atoms in total. The van der Waals surface area contributed by atoms with E-state index in [-0.39, 0.29) is 18.1 Å². The van der Waals surface area contributed by atoms with E-state index in [4.69, 9.17) is 4.74 Å². The van der Waals surface area contributed by atoms with E-state index in [0.29, 0.717) is 9.88 Å². The molecule has 0 amide bonds. The number of ketones is 1. The quantitative estimate of drug-likeness (QED) is 0.636. The summed E-state index contributed by atoms with van der Waals surface area (Å²) >= 11 is 1.23. The molecule has 0 atom stereocenters. The number of aryl methyl sites for hydroxylation is 2. The van der Waals surface area contributed by atoms with Crippen LogP contribution in [0.3, 0.4) is 0 Å². The van der Waals surface area contributed by atoms with E-state index < -0.39 is 5.97 Å². The zero-order chi connectivity index (χ0) is 15.6. The van der Waals surface area contributed by atoms with Crippen LogP contribution in [0, 0.1) is 13.8 Å². The number of benzene rings is 1. The van der Waals surface area contributed by atoms with Gasteiger partial charge in [-0.3, -0.25) is 4.79 Å². The van der Waals surface area contributed by atoms with Gasteiger partial charge in [0.1, 0.15) is 9.88 Å². The van der Waals surface area contributed by atoms with Crippen molar-refractivity contribution in [3.63, 3.8) is 0 Å². The first kappa shape index (κ1) is 15.4. The molecule has 1 aromatic heterocycles. The van der Waals surface area contributed by atoms with Crippen LogP contribution in [0.4, 0.5) is 0 Å². The molecule has 0 aliphatic carbocycles. The second kappa shape index (κ2) is 6.18. The Morgan fingerprint density at radius 1 is 1.29 bits per heavy atom. The summed E-state index contributed by atoms with van der Waals surface area (Å²) in [6, 6.07) is 6.00. The van der Waals surface area contributed by atoms with Gasteiger partial charge in [0.05, 0.1) is 6.61 Å². The molecule has 1 heterocycles. The first-order chi connectivity index (χ1) is 9.93. The fourth-order valence-electron chi connectivity index (χ4n) is 2.07. The SMILES string of the molecule is CCOC(=O)c1nc(-c2ccc(C)cc2C)sc1C(C)=O. The Morgan fingerprint density at radius 2 is 2.00 bits per heavy atom. The number of hydrogen-bond acceptors (Lipinski definition) is 5. The molecule has 0 aliphatic heterocycles. The fraction of sp³-hybridized carbons (Fsp3) is 0.312. The third-order valence-corrected chi connectivity index (χ3v) is 4.22. The lowest BCUT2D eigenvalue weighted by Crippen LogP contribution is -2.09. The third-order valence-electron chi connectivity index (χ3n) is 3.03. The number of ether oxygens (including phenoxy) is 1. The zero-order valence-electron chi connectivity index (χ0n) is 12.5. The molecule has 2 aromatic rings. The van der Waals surface area contributed by atoms with Crippen molar-refractivity contribution in [2.45, 2.75) is 27.7 Å². The highest BCUT2D eigenvalue weighted by Crippen LogP contribution is 2.31. The van der Waals surface area contributed by atoms with Crippen LogP contribution in [0.25, 0.3) is 10.6 Å². The zero-order valence-corrected chi connectivity index (χ0v) is 13.3. The molecule has 0 unspecified atom stereocenters. The van der Waals surface area contributed by atoms with E-state index in [1.807, 2.05) is 32.0 Å². The smallest absolute Gasteiger partial charge is 0.358 e. The Balaban J connectivity index is 2.53. The van der Waals surface area contributed by atoms with Crippen molar-refractivity contribution in [3.8, 4) is 10.6 Å². The molecule has 5 heteroatoms. The highest BCUT2D eigenvalue weighted by molar-refractivity contribution is 7.17. The predicted molar refractivity (Wildman–Crippen MR) is 83.0 cm³/mol. The lowest BCUT2D eigenvalue weighted by Gasteiger charge is -2.03. The van der Waals surface area contributed by atoms with E-state index in [1.54, 1.807) is 6.92 Å². The van der Waals surface area contributed by atoms with Crippen LogP contribution in [-0.2, 0) is 4.74 Å². The maximum Gasteiger partial charge on any atom is 0.358 e. The second-order valence-corrected chi connectivity index (χ2v) is 5.79. The van der Waals surface area contributed by atoms with Gasteiger partial charge in [0.25, 0.3) is 0 Å². The average Bonchev–Trinajstić information content (AvgIpc) is 2.84. The summed E-state index contributed by atoms with van der Waals surface area (Å²) in [4.78, 5) is 28.3. The lowest BCUT2D eigenvalue weighted by atomic mass is 10.1. The molecule has 0 bridgehead atoms. The van der Waals surface area contributed by atoms with Gasteiger partial charge < -0.3 is 4.74 Å². The maximum atomic E-state index is 11.9. The second-order valence-electron chi connectivity index (χ2n) is 4.79. The van der Waals surface area contributed by atoms with Crippen LogP contribution >= 0.6 is 11.3 Å². The molecule has 0 fully saturated rings. The number of thiazole rings is 1. The Hall–Kier alpha value is -2.01. The summed E-state index contributed by atoms with van der Waals surface area (Å²) in [7, 11) is 0. The van der Waals surface area contributed by atoms with Crippen molar-refractivity contribution < 1.29 is 14.3 Å². The van der Waals surface area contributed by atoms with Gasteiger partial charge >= 0.3 is 5.97 Å².